The maximum atomic E-state index is 13.5. The Hall–Kier alpha value is -3.89. The number of benzene rings is 2. The molecule has 1 aliphatic rings. The van der Waals surface area contributed by atoms with Gasteiger partial charge in [0.2, 0.25) is 5.91 Å². The van der Waals surface area contributed by atoms with Gasteiger partial charge in [-0.25, -0.2) is 4.99 Å². The van der Waals surface area contributed by atoms with E-state index in [-0.39, 0.29) is 23.5 Å². The average Bonchev–Trinajstić information content (AvgIpc) is 2.93. The van der Waals surface area contributed by atoms with Crippen LogP contribution in [0.3, 0.4) is 0 Å². The number of nitrogens with zero attached hydrogens (tertiary/aromatic N) is 2. The molecule has 0 bridgehead atoms. The molecule has 3 aromatic rings. The number of ether oxygens (including phenoxy) is 1. The number of carbonyl (C=O) groups excluding carboxylic acids is 1. The molecule has 36 heavy (non-hydrogen) atoms. The third-order valence-electron chi connectivity index (χ3n) is 5.41. The minimum atomic E-state index is -5.02. The molecular weight excluding hydrogens is 488 g/mol. The fourth-order valence-electron chi connectivity index (χ4n) is 3.83. The van der Waals surface area contributed by atoms with Crippen molar-refractivity contribution in [1.82, 2.24) is 4.98 Å². The smallest absolute Gasteiger partial charge is 0.422 e. The molecular formula is C25H19F6N3O2. The SMILES string of the molecule is Cc1cc(C)c(-c2cccc(C3=Nc4cc(OCC(F)(F)F)c(C(F)(F)F)cc4NC(=O)C3)c2)cn1. The van der Waals surface area contributed by atoms with E-state index in [9.17, 15) is 31.1 Å². The minimum Gasteiger partial charge on any atom is -0.483 e. The molecule has 0 saturated heterocycles. The van der Waals surface area contributed by atoms with Gasteiger partial charge in [-0.3, -0.25) is 9.78 Å². The van der Waals surface area contributed by atoms with Gasteiger partial charge in [0.05, 0.1) is 29.1 Å². The van der Waals surface area contributed by atoms with Crippen molar-refractivity contribution in [2.24, 2.45) is 4.99 Å². The lowest BCUT2D eigenvalue weighted by atomic mass is 9.98. The van der Waals surface area contributed by atoms with E-state index < -0.39 is 36.2 Å². The molecule has 188 valence electrons. The predicted molar refractivity (Wildman–Crippen MR) is 122 cm³/mol. The van der Waals surface area contributed by atoms with E-state index in [1.165, 1.54) is 0 Å². The number of aryl methyl sites for hydroxylation is 2. The van der Waals surface area contributed by atoms with Crippen molar-refractivity contribution >= 4 is 23.0 Å². The number of amides is 1. The third-order valence-corrected chi connectivity index (χ3v) is 5.41. The van der Waals surface area contributed by atoms with Crippen molar-refractivity contribution in [2.45, 2.75) is 32.6 Å². The van der Waals surface area contributed by atoms with Gasteiger partial charge in [0.25, 0.3) is 0 Å². The van der Waals surface area contributed by atoms with Gasteiger partial charge in [0.1, 0.15) is 5.75 Å². The Labute approximate surface area is 201 Å². The minimum absolute atomic E-state index is 0.153. The van der Waals surface area contributed by atoms with Gasteiger partial charge in [-0.05, 0) is 48.7 Å². The van der Waals surface area contributed by atoms with Crippen LogP contribution in [0, 0.1) is 13.8 Å². The van der Waals surface area contributed by atoms with Gasteiger partial charge in [0, 0.05) is 23.5 Å². The second kappa shape index (κ2) is 9.29. The Morgan fingerprint density at radius 1 is 1.00 bits per heavy atom. The van der Waals surface area contributed by atoms with Crippen LogP contribution in [0.5, 0.6) is 5.75 Å². The van der Waals surface area contributed by atoms with Crippen LogP contribution in [0.1, 0.15) is 28.8 Å². The summed E-state index contributed by atoms with van der Waals surface area (Å²) in [5.41, 5.74) is 2.31. The van der Waals surface area contributed by atoms with Crippen LogP contribution in [-0.4, -0.2) is 29.4 Å². The molecule has 1 N–H and O–H groups in total. The first-order chi connectivity index (χ1) is 16.8. The number of hydrogen-bond acceptors (Lipinski definition) is 4. The van der Waals surface area contributed by atoms with Gasteiger partial charge in [-0.2, -0.15) is 26.3 Å². The standard InChI is InChI=1S/C25H19F6N3O2/c1-13-6-14(2)32-11-17(13)15-4-3-5-16(7-15)19-10-23(35)34-20-8-18(25(29,30)31)22(9-21(20)33-19)36-12-24(26,27)28/h3-9,11H,10,12H2,1-2H3,(H,34,35). The van der Waals surface area contributed by atoms with Crippen molar-refractivity contribution in [3.63, 3.8) is 0 Å². The van der Waals surface area contributed by atoms with Crippen LogP contribution in [0.15, 0.2) is 53.7 Å². The summed E-state index contributed by atoms with van der Waals surface area (Å²) in [6, 6.07) is 10.2. The summed E-state index contributed by atoms with van der Waals surface area (Å²) >= 11 is 0. The third kappa shape index (κ3) is 5.67. The highest BCUT2D eigenvalue weighted by molar-refractivity contribution is 6.17. The number of aliphatic imine (C=N–C) groups is 1. The van der Waals surface area contributed by atoms with E-state index in [2.05, 4.69) is 20.0 Å². The molecule has 0 saturated carbocycles. The number of halogens is 6. The fraction of sp³-hybridized carbons (Fsp3) is 0.240. The van der Waals surface area contributed by atoms with E-state index >= 15 is 0 Å². The first-order valence-electron chi connectivity index (χ1n) is 10.7. The molecule has 5 nitrogen and oxygen atoms in total. The molecule has 2 aromatic carbocycles. The number of nitrogens with one attached hydrogen (secondary N) is 1. The lowest BCUT2D eigenvalue weighted by Gasteiger charge is -2.17. The van der Waals surface area contributed by atoms with Gasteiger partial charge in [-0.1, -0.05) is 18.2 Å². The maximum Gasteiger partial charge on any atom is 0.422 e. The van der Waals surface area contributed by atoms with Gasteiger partial charge in [-0.15, -0.1) is 0 Å². The monoisotopic (exact) mass is 507 g/mol. The van der Waals surface area contributed by atoms with E-state index in [1.807, 2.05) is 26.0 Å². The van der Waals surface area contributed by atoms with Crippen molar-refractivity contribution in [1.29, 1.82) is 0 Å². The zero-order valence-electron chi connectivity index (χ0n) is 19.0. The Balaban J connectivity index is 1.80. The van der Waals surface area contributed by atoms with E-state index in [0.717, 1.165) is 28.5 Å². The zero-order chi connectivity index (χ0) is 26.3. The molecule has 0 fully saturated rings. The van der Waals surface area contributed by atoms with Crippen LogP contribution in [0.2, 0.25) is 0 Å². The summed E-state index contributed by atoms with van der Waals surface area (Å²) in [7, 11) is 0. The number of carbonyl (C=O) groups is 1. The number of rotatable bonds is 4. The van der Waals surface area contributed by atoms with Crippen LogP contribution in [0.4, 0.5) is 37.7 Å². The summed E-state index contributed by atoms with van der Waals surface area (Å²) in [5.74, 6) is -1.66. The van der Waals surface area contributed by atoms with Crippen molar-refractivity contribution in [3.8, 4) is 16.9 Å². The summed E-state index contributed by atoms with van der Waals surface area (Å²) in [5, 5.41) is 2.35. The van der Waals surface area contributed by atoms with E-state index in [1.54, 1.807) is 24.4 Å². The molecule has 0 spiro atoms. The Morgan fingerprint density at radius 2 is 1.72 bits per heavy atom. The number of aromatic nitrogens is 1. The van der Waals surface area contributed by atoms with Crippen molar-refractivity contribution in [2.75, 3.05) is 11.9 Å². The Bertz CT molecular complexity index is 1360. The number of fused-ring (bicyclic) bond motifs is 1. The maximum absolute atomic E-state index is 13.5. The Kier molecular flexibility index (Phi) is 6.50. The van der Waals surface area contributed by atoms with Gasteiger partial charge < -0.3 is 10.1 Å². The molecule has 1 aromatic heterocycles. The number of pyridine rings is 1. The summed E-state index contributed by atoms with van der Waals surface area (Å²) in [6.45, 7) is 1.87. The molecule has 2 heterocycles. The molecule has 4 rings (SSSR count). The zero-order valence-corrected chi connectivity index (χ0v) is 19.0. The van der Waals surface area contributed by atoms with Gasteiger partial charge >= 0.3 is 12.4 Å². The van der Waals surface area contributed by atoms with E-state index in [4.69, 9.17) is 0 Å². The number of hydrogen-bond donors (Lipinski definition) is 1. The largest absolute Gasteiger partial charge is 0.483 e. The topological polar surface area (TPSA) is 63.6 Å². The molecule has 0 aliphatic carbocycles. The van der Waals surface area contributed by atoms with Crippen LogP contribution >= 0.6 is 0 Å². The molecule has 1 amide bonds. The van der Waals surface area contributed by atoms with Crippen LogP contribution < -0.4 is 10.1 Å². The van der Waals surface area contributed by atoms with Crippen molar-refractivity contribution < 1.29 is 35.9 Å². The molecule has 1 aliphatic heterocycles. The number of anilines is 1. The first kappa shape index (κ1) is 25.2. The lowest BCUT2D eigenvalue weighted by molar-refractivity contribution is -0.158. The highest BCUT2D eigenvalue weighted by atomic mass is 19.4. The first-order valence-corrected chi connectivity index (χ1v) is 10.7. The molecule has 0 unspecified atom stereocenters. The molecule has 11 heteroatoms. The molecule has 0 atom stereocenters. The normalized spacial score (nSPS) is 14.0. The Morgan fingerprint density at radius 3 is 2.39 bits per heavy atom. The van der Waals surface area contributed by atoms with Crippen LogP contribution in [0.25, 0.3) is 11.1 Å². The quantitative estimate of drug-likeness (QED) is 0.396. The summed E-state index contributed by atoms with van der Waals surface area (Å²) in [6.07, 6.45) is -8.41. The molecule has 0 radical (unpaired) electrons. The fourth-order valence-corrected chi connectivity index (χ4v) is 3.83. The highest BCUT2D eigenvalue weighted by Gasteiger charge is 2.38. The van der Waals surface area contributed by atoms with E-state index in [0.29, 0.717) is 11.6 Å². The second-order valence-electron chi connectivity index (χ2n) is 8.27. The summed E-state index contributed by atoms with van der Waals surface area (Å²) < 4.78 is 83.0. The van der Waals surface area contributed by atoms with Crippen LogP contribution in [-0.2, 0) is 11.0 Å². The summed E-state index contributed by atoms with van der Waals surface area (Å²) in [4.78, 5) is 21.2. The average molecular weight is 507 g/mol. The number of alkyl halides is 6. The van der Waals surface area contributed by atoms with Gasteiger partial charge in [0.15, 0.2) is 6.61 Å². The predicted octanol–water partition coefficient (Wildman–Crippen LogP) is 6.79. The highest BCUT2D eigenvalue weighted by Crippen LogP contribution is 2.43. The van der Waals surface area contributed by atoms with Crippen molar-refractivity contribution in [3.05, 3.63) is 71.0 Å². The second-order valence-corrected chi connectivity index (χ2v) is 8.27. The lowest BCUT2D eigenvalue weighted by Crippen LogP contribution is -2.21.